The molecule has 0 heterocycles. The van der Waals surface area contributed by atoms with Crippen LogP contribution in [-0.4, -0.2) is 23.1 Å². The second-order valence-corrected chi connectivity index (χ2v) is 38.7. The number of carbonyl (C=O) groups excluding carboxylic acids is 4. The molecule has 2 unspecified atom stereocenters. The number of fused-ring (bicyclic) bond motifs is 6. The summed E-state index contributed by atoms with van der Waals surface area (Å²) in [5, 5.41) is 0. The number of rotatable bonds is 45. The lowest BCUT2D eigenvalue weighted by Gasteiger charge is -2.30. The molecule has 0 saturated carbocycles. The molecule has 696 valence electrons. The zero-order valence-corrected chi connectivity index (χ0v) is 81.7. The number of Topliss-reactive ketones (excluding diaryl/α,β-unsaturated/α-hetero) is 4. The molecular formula is C133H130N2O4. The van der Waals surface area contributed by atoms with E-state index in [0.717, 1.165) is 274 Å². The zero-order chi connectivity index (χ0) is 95.4. The Bertz CT molecular complexity index is 6650. The van der Waals surface area contributed by atoms with Crippen LogP contribution >= 0.6 is 0 Å². The van der Waals surface area contributed by atoms with E-state index < -0.39 is 10.8 Å². The smallest absolute Gasteiger partial charge is 0.155 e. The summed E-state index contributed by atoms with van der Waals surface area (Å²) in [6.07, 6.45) is 21.2. The van der Waals surface area contributed by atoms with Crippen LogP contribution in [0.5, 0.6) is 0 Å². The van der Waals surface area contributed by atoms with Crippen LogP contribution in [-0.2, 0) is 30.0 Å². The molecule has 0 spiro atoms. The Morgan fingerprint density at radius 1 is 0.201 bits per heavy atom. The monoisotopic (exact) mass is 1820 g/mol. The number of nitrogens with zero attached hydrogens (tertiary/aromatic N) is 2. The molecule has 0 bridgehead atoms. The molecule has 16 aromatic carbocycles. The molecule has 0 aliphatic heterocycles. The van der Waals surface area contributed by atoms with Crippen molar-refractivity contribution in [3.8, 4) is 77.9 Å². The Morgan fingerprint density at radius 2 is 0.388 bits per heavy atom. The van der Waals surface area contributed by atoms with Crippen LogP contribution in [0, 0.1) is 6.92 Å². The fourth-order valence-corrected chi connectivity index (χ4v) is 22.0. The second-order valence-electron chi connectivity index (χ2n) is 38.7. The van der Waals surface area contributed by atoms with Gasteiger partial charge in [0.2, 0.25) is 0 Å². The third-order valence-electron chi connectivity index (χ3n) is 29.5. The highest BCUT2D eigenvalue weighted by Crippen LogP contribution is 2.57. The van der Waals surface area contributed by atoms with Crippen molar-refractivity contribution < 1.29 is 19.2 Å². The number of aryl methyl sites for hydroxylation is 1. The highest BCUT2D eigenvalue weighted by atomic mass is 16.2. The van der Waals surface area contributed by atoms with Gasteiger partial charge in [0.25, 0.3) is 0 Å². The molecule has 0 fully saturated rings. The normalized spacial score (nSPS) is 12.9. The number of para-hydroxylation sites is 3. The summed E-state index contributed by atoms with van der Waals surface area (Å²) in [5.74, 6) is -0.115. The van der Waals surface area contributed by atoms with Crippen molar-refractivity contribution >= 4 is 57.3 Å². The van der Waals surface area contributed by atoms with Gasteiger partial charge in [0.1, 0.15) is 10.8 Å². The first-order chi connectivity index (χ1) is 68.4. The van der Waals surface area contributed by atoms with E-state index in [1.807, 2.05) is 12.1 Å². The van der Waals surface area contributed by atoms with Gasteiger partial charge in [-0.15, -0.1) is 0 Å². The number of hydrogen-bond donors (Lipinski definition) is 0. The van der Waals surface area contributed by atoms with Gasteiger partial charge < -0.3 is 9.80 Å². The van der Waals surface area contributed by atoms with Crippen molar-refractivity contribution in [2.75, 3.05) is 9.80 Å². The van der Waals surface area contributed by atoms with E-state index in [9.17, 15) is 0 Å². The average Bonchev–Trinajstić information content (AvgIpc) is 1.54. The summed E-state index contributed by atoms with van der Waals surface area (Å²) >= 11 is 0. The molecule has 6 nitrogen and oxygen atoms in total. The minimum Gasteiger partial charge on any atom is -0.311 e. The van der Waals surface area contributed by atoms with Crippen molar-refractivity contribution in [3.63, 3.8) is 0 Å². The molecule has 0 amide bonds. The van der Waals surface area contributed by atoms with Crippen LogP contribution in [0.4, 0.5) is 34.1 Å². The van der Waals surface area contributed by atoms with Crippen LogP contribution in [0.3, 0.4) is 0 Å². The Morgan fingerprint density at radius 3 is 0.626 bits per heavy atom. The number of carbonyl (C=O) groups is 4. The Hall–Kier alpha value is -14.2. The van der Waals surface area contributed by atoms with Crippen molar-refractivity contribution in [3.05, 3.63) is 456 Å². The molecule has 139 heavy (non-hydrogen) atoms. The lowest BCUT2D eigenvalue weighted by molar-refractivity contribution is -0.135. The molecule has 18 rings (SSSR count). The van der Waals surface area contributed by atoms with E-state index in [-0.39, 0.29) is 35.0 Å². The summed E-state index contributed by atoms with van der Waals surface area (Å²) in [7, 11) is 0. The highest BCUT2D eigenvalue weighted by molar-refractivity contribution is 6.22. The third kappa shape index (κ3) is 20.4. The summed E-state index contributed by atoms with van der Waals surface area (Å²) in [4.78, 5) is 68.7. The molecule has 2 aliphatic carbocycles. The highest BCUT2D eigenvalue weighted by Gasteiger charge is 2.55. The molecule has 16 aromatic rings. The van der Waals surface area contributed by atoms with Gasteiger partial charge in [-0.3, -0.25) is 19.2 Å². The van der Waals surface area contributed by atoms with Crippen molar-refractivity contribution in [2.45, 2.75) is 211 Å². The first kappa shape index (κ1) is 95.1. The molecule has 2 atom stereocenters. The zero-order valence-electron chi connectivity index (χ0n) is 81.7. The topological polar surface area (TPSA) is 74.8 Å². The minimum atomic E-state index is -1.47. The standard InChI is InChI=1S/C133H130N2O4/c1-6-10-14-18-37-51-126(136)132(127(137)52-38-19-15-11-7-2)122-91-108(77-87-118(122)120-89-79-110(93-124(120)132)100-73-83-116(84-74-100)134(112-45-31-24-32-46-112)113-47-33-25-34-48-113)98-61-69-106(70-62-98)130(102-41-27-22-28-42-102)104-65-57-96(58-66-104)97-59-67-105(68-60-97)131(103-43-29-23-30-44-103)107-71-63-99(64-72-107)109-78-88-119-121-90-80-111(101-75-85-117(86-76-101)135(114-49-35-26-36-50-114)115-81-55-95(5)56-82-115)94-125(121)133(123(119)92-109,128(138)53-39-20-16-12-8-3)129(139)54-40-21-17-13-9-4/h22-36,41-50,55-94,130-131H,6-21,37-40,51-54H2,1-5H3. The van der Waals surface area contributed by atoms with Crippen LogP contribution in [0.15, 0.2) is 394 Å². The Balaban J connectivity index is 0.627. The van der Waals surface area contributed by atoms with E-state index in [1.54, 1.807) is 0 Å². The number of unbranched alkanes of at least 4 members (excludes halogenated alkanes) is 16. The lowest BCUT2D eigenvalue weighted by atomic mass is 9.68. The Labute approximate surface area is 825 Å². The summed E-state index contributed by atoms with van der Waals surface area (Å²) < 4.78 is 0. The van der Waals surface area contributed by atoms with E-state index in [4.69, 9.17) is 0 Å². The number of anilines is 6. The number of hydrogen-bond acceptors (Lipinski definition) is 6. The second kappa shape index (κ2) is 44.9. The predicted molar refractivity (Wildman–Crippen MR) is 581 cm³/mol. The van der Waals surface area contributed by atoms with Gasteiger partial charge in [-0.05, 0) is 263 Å². The van der Waals surface area contributed by atoms with Gasteiger partial charge in [-0.25, -0.2) is 0 Å². The van der Waals surface area contributed by atoms with Gasteiger partial charge in [0, 0.05) is 71.6 Å². The van der Waals surface area contributed by atoms with E-state index in [0.29, 0.717) is 25.7 Å². The fourth-order valence-electron chi connectivity index (χ4n) is 22.0. The van der Waals surface area contributed by atoms with Crippen LogP contribution in [0.2, 0.25) is 0 Å². The molecule has 2 aliphatic rings. The van der Waals surface area contributed by atoms with Crippen molar-refractivity contribution in [1.82, 2.24) is 0 Å². The maximum Gasteiger partial charge on any atom is 0.155 e. The van der Waals surface area contributed by atoms with Gasteiger partial charge >= 0.3 is 0 Å². The third-order valence-corrected chi connectivity index (χ3v) is 29.5. The van der Waals surface area contributed by atoms with Gasteiger partial charge in [-0.1, -0.05) is 433 Å². The number of benzene rings is 16. The Kier molecular flexibility index (Phi) is 30.8. The van der Waals surface area contributed by atoms with Gasteiger partial charge in [-0.2, -0.15) is 0 Å². The minimum absolute atomic E-state index is 0.00880. The molecule has 6 heteroatoms. The fraction of sp³-hybridized carbons (Fsp3) is 0.248. The van der Waals surface area contributed by atoms with Crippen LogP contribution < -0.4 is 9.80 Å². The first-order valence-electron chi connectivity index (χ1n) is 51.6. The summed E-state index contributed by atoms with van der Waals surface area (Å²) in [6.45, 7) is 11.0. The van der Waals surface area contributed by atoms with E-state index in [2.05, 4.69) is 427 Å². The predicted octanol–water partition coefficient (Wildman–Crippen LogP) is 35.9. The quantitative estimate of drug-likeness (QED) is 0.0215. The summed E-state index contributed by atoms with van der Waals surface area (Å²) in [5.41, 5.74) is 29.0. The molecule has 0 saturated heterocycles. The van der Waals surface area contributed by atoms with E-state index in [1.165, 1.54) is 27.8 Å². The number of ketones is 4. The molecule has 0 aromatic heterocycles. The largest absolute Gasteiger partial charge is 0.311 e. The van der Waals surface area contributed by atoms with Gasteiger partial charge in [0.05, 0.1) is 0 Å². The average molecular weight is 1820 g/mol. The molecule has 0 N–H and O–H groups in total. The van der Waals surface area contributed by atoms with Crippen LogP contribution in [0.1, 0.15) is 255 Å². The van der Waals surface area contributed by atoms with Crippen molar-refractivity contribution in [1.29, 1.82) is 0 Å². The SMILES string of the molecule is CCCCCCCC(=O)C1(C(=O)CCCCCCC)c2cc(-c3ccc(C(c4ccccc4)c4ccc(-c5ccc(C(c6ccccc6)c6ccc(-c7ccc8c(c7)C(C(=O)CCCCCCC)(C(=O)CCCCCCC)c7cc(-c9ccc(N(c%10ccccc%10)c%10ccc(C)cc%10)cc9)ccc7-8)cc6)cc5)cc4)cc3)ccc2-c2ccc(-c3ccc(N(c4ccccc4)c4ccccc4)cc3)cc21. The maximum atomic E-state index is 16.1. The van der Waals surface area contributed by atoms with E-state index >= 15 is 19.2 Å². The summed E-state index contributed by atoms with van der Waals surface area (Å²) in [6, 6.07) is 142. The van der Waals surface area contributed by atoms with Crippen LogP contribution in [0.25, 0.3) is 77.9 Å². The maximum absolute atomic E-state index is 16.1. The first-order valence-corrected chi connectivity index (χ1v) is 51.6. The van der Waals surface area contributed by atoms with Gasteiger partial charge in [0.15, 0.2) is 23.1 Å². The molecule has 0 radical (unpaired) electrons. The lowest BCUT2D eigenvalue weighted by Crippen LogP contribution is -2.43. The molecular weight excluding hydrogens is 1690 g/mol. The van der Waals surface area contributed by atoms with Crippen molar-refractivity contribution in [2.24, 2.45) is 0 Å².